The summed E-state index contributed by atoms with van der Waals surface area (Å²) < 4.78 is 0. The number of fused-ring (bicyclic) bond motifs is 1. The maximum absolute atomic E-state index is 13.3. The maximum atomic E-state index is 13.3. The van der Waals surface area contributed by atoms with Crippen molar-refractivity contribution in [2.75, 3.05) is 4.90 Å². The molecule has 1 N–H and O–H groups in total. The second-order valence-corrected chi connectivity index (χ2v) is 8.59. The summed E-state index contributed by atoms with van der Waals surface area (Å²) in [4.78, 5) is 30.8. The first-order chi connectivity index (χ1) is 13.1. The second kappa shape index (κ2) is 7.27. The minimum absolute atomic E-state index is 0.00932. The highest BCUT2D eigenvalue weighted by Gasteiger charge is 2.29. The van der Waals surface area contributed by atoms with Gasteiger partial charge in [0, 0.05) is 16.7 Å². The van der Waals surface area contributed by atoms with Gasteiger partial charge in [0.2, 0.25) is 5.91 Å². The van der Waals surface area contributed by atoms with Gasteiger partial charge in [-0.1, -0.05) is 51.1 Å². The number of pyridine rings is 1. The lowest BCUT2D eigenvalue weighted by Crippen LogP contribution is -2.40. The van der Waals surface area contributed by atoms with E-state index in [1.165, 1.54) is 0 Å². The lowest BCUT2D eigenvalue weighted by atomic mass is 9.93. The molecule has 0 spiro atoms. The van der Waals surface area contributed by atoms with Gasteiger partial charge in [-0.2, -0.15) is 0 Å². The van der Waals surface area contributed by atoms with E-state index in [1.54, 1.807) is 4.90 Å². The number of para-hydroxylation sites is 1. The van der Waals surface area contributed by atoms with Crippen LogP contribution in [0.4, 0.5) is 5.69 Å². The largest absolute Gasteiger partial charge is 0.321 e. The molecule has 0 fully saturated rings. The Morgan fingerprint density at radius 2 is 1.71 bits per heavy atom. The van der Waals surface area contributed by atoms with Crippen LogP contribution in [-0.2, 0) is 11.3 Å². The number of H-pyrrole nitrogens is 1. The zero-order valence-electron chi connectivity index (χ0n) is 17.5. The average molecular weight is 377 g/mol. The summed E-state index contributed by atoms with van der Waals surface area (Å²) in [7, 11) is 0. The standard InChI is InChI=1S/C24H28N2O2/c1-15-10-11-16(2)20(12-15)26(23(28)24(4,5)6)14-19-13-18-9-7-8-17(3)21(18)25-22(19)27/h7-13H,14H2,1-6H3,(H,25,27). The minimum Gasteiger partial charge on any atom is -0.321 e. The van der Waals surface area contributed by atoms with Crippen molar-refractivity contribution in [3.8, 4) is 0 Å². The van der Waals surface area contributed by atoms with Crippen molar-refractivity contribution in [1.82, 2.24) is 4.98 Å². The van der Waals surface area contributed by atoms with Gasteiger partial charge in [0.15, 0.2) is 0 Å². The summed E-state index contributed by atoms with van der Waals surface area (Å²) in [6.45, 7) is 11.9. The number of benzene rings is 2. The van der Waals surface area contributed by atoms with Crippen LogP contribution in [0.25, 0.3) is 10.9 Å². The third kappa shape index (κ3) is 3.86. The molecule has 0 aliphatic rings. The van der Waals surface area contributed by atoms with Gasteiger partial charge in [0.1, 0.15) is 0 Å². The van der Waals surface area contributed by atoms with Crippen LogP contribution >= 0.6 is 0 Å². The molecule has 4 nitrogen and oxygen atoms in total. The van der Waals surface area contributed by atoms with E-state index in [-0.39, 0.29) is 18.0 Å². The number of nitrogens with one attached hydrogen (secondary N) is 1. The van der Waals surface area contributed by atoms with Gasteiger partial charge in [-0.3, -0.25) is 9.59 Å². The Balaban J connectivity index is 2.14. The molecule has 1 heterocycles. The third-order valence-electron chi connectivity index (χ3n) is 5.04. The van der Waals surface area contributed by atoms with Gasteiger partial charge in [0.25, 0.3) is 5.56 Å². The smallest absolute Gasteiger partial charge is 0.253 e. The molecule has 4 heteroatoms. The molecule has 0 aliphatic carbocycles. The normalized spacial score (nSPS) is 11.6. The van der Waals surface area contributed by atoms with E-state index < -0.39 is 5.41 Å². The molecule has 1 aromatic heterocycles. The molecule has 2 aromatic carbocycles. The number of carbonyl (C=O) groups is 1. The number of aromatic nitrogens is 1. The fourth-order valence-electron chi connectivity index (χ4n) is 3.40. The van der Waals surface area contributed by atoms with E-state index in [9.17, 15) is 9.59 Å². The second-order valence-electron chi connectivity index (χ2n) is 8.59. The Morgan fingerprint density at radius 3 is 2.39 bits per heavy atom. The summed E-state index contributed by atoms with van der Waals surface area (Å²) in [5.74, 6) is -0.00932. The number of hydrogen-bond acceptors (Lipinski definition) is 2. The van der Waals surface area contributed by atoms with E-state index in [0.717, 1.165) is 33.3 Å². The predicted molar refractivity (Wildman–Crippen MR) is 116 cm³/mol. The Bertz CT molecular complexity index is 1100. The number of aromatic amines is 1. The number of rotatable bonds is 3. The van der Waals surface area contributed by atoms with Crippen LogP contribution in [0.15, 0.2) is 47.3 Å². The van der Waals surface area contributed by atoms with Crippen LogP contribution in [0, 0.1) is 26.2 Å². The van der Waals surface area contributed by atoms with Crippen molar-refractivity contribution in [3.63, 3.8) is 0 Å². The fraction of sp³-hybridized carbons (Fsp3) is 0.333. The van der Waals surface area contributed by atoms with E-state index in [1.807, 2.05) is 84.0 Å². The van der Waals surface area contributed by atoms with Gasteiger partial charge in [-0.05, 0) is 55.0 Å². The van der Waals surface area contributed by atoms with Crippen LogP contribution in [-0.4, -0.2) is 10.9 Å². The molecule has 0 saturated heterocycles. The molecule has 146 valence electrons. The first kappa shape index (κ1) is 19.9. The van der Waals surface area contributed by atoms with E-state index in [4.69, 9.17) is 0 Å². The lowest BCUT2D eigenvalue weighted by Gasteiger charge is -2.31. The molecule has 0 saturated carbocycles. The molecule has 28 heavy (non-hydrogen) atoms. The summed E-state index contributed by atoms with van der Waals surface area (Å²) in [6.07, 6.45) is 0. The summed E-state index contributed by atoms with van der Waals surface area (Å²) >= 11 is 0. The van der Waals surface area contributed by atoms with Crippen LogP contribution in [0.3, 0.4) is 0 Å². The minimum atomic E-state index is -0.559. The highest BCUT2D eigenvalue weighted by Crippen LogP contribution is 2.29. The molecular weight excluding hydrogens is 348 g/mol. The van der Waals surface area contributed by atoms with Crippen molar-refractivity contribution in [1.29, 1.82) is 0 Å². The number of amides is 1. The zero-order chi connectivity index (χ0) is 20.6. The van der Waals surface area contributed by atoms with Crippen LogP contribution in [0.5, 0.6) is 0 Å². The highest BCUT2D eigenvalue weighted by atomic mass is 16.2. The first-order valence-electron chi connectivity index (χ1n) is 9.58. The van der Waals surface area contributed by atoms with Crippen molar-refractivity contribution < 1.29 is 4.79 Å². The molecule has 0 unspecified atom stereocenters. The zero-order valence-corrected chi connectivity index (χ0v) is 17.5. The highest BCUT2D eigenvalue weighted by molar-refractivity contribution is 5.97. The van der Waals surface area contributed by atoms with Gasteiger partial charge >= 0.3 is 0 Å². The van der Waals surface area contributed by atoms with E-state index in [0.29, 0.717) is 5.56 Å². The van der Waals surface area contributed by atoms with Crippen LogP contribution in [0.1, 0.15) is 43.0 Å². The molecule has 3 rings (SSSR count). The maximum Gasteiger partial charge on any atom is 0.253 e. The van der Waals surface area contributed by atoms with Gasteiger partial charge in [-0.15, -0.1) is 0 Å². The van der Waals surface area contributed by atoms with Crippen molar-refractivity contribution in [2.45, 2.75) is 48.1 Å². The summed E-state index contributed by atoms with van der Waals surface area (Å²) in [5, 5.41) is 0.971. The molecule has 0 bridgehead atoms. The monoisotopic (exact) mass is 376 g/mol. The molecule has 0 atom stereocenters. The molecular formula is C24H28N2O2. The van der Waals surface area contributed by atoms with Crippen LogP contribution < -0.4 is 10.5 Å². The molecule has 1 amide bonds. The van der Waals surface area contributed by atoms with Crippen molar-refractivity contribution in [3.05, 3.63) is 75.1 Å². The Hall–Kier alpha value is -2.88. The lowest BCUT2D eigenvalue weighted by molar-refractivity contribution is -0.125. The molecule has 3 aromatic rings. The Morgan fingerprint density at radius 1 is 1.00 bits per heavy atom. The summed E-state index contributed by atoms with van der Waals surface area (Å²) in [6, 6.07) is 13.9. The first-order valence-corrected chi connectivity index (χ1v) is 9.58. The number of nitrogens with zero attached hydrogens (tertiary/aromatic N) is 1. The molecule has 0 radical (unpaired) electrons. The quantitative estimate of drug-likeness (QED) is 0.697. The third-order valence-corrected chi connectivity index (χ3v) is 5.04. The van der Waals surface area contributed by atoms with Gasteiger partial charge in [-0.25, -0.2) is 0 Å². The van der Waals surface area contributed by atoms with Crippen LogP contribution in [0.2, 0.25) is 0 Å². The average Bonchev–Trinajstić information content (AvgIpc) is 2.62. The topological polar surface area (TPSA) is 53.2 Å². The fourth-order valence-corrected chi connectivity index (χ4v) is 3.40. The van der Waals surface area contributed by atoms with Crippen molar-refractivity contribution >= 4 is 22.5 Å². The number of hydrogen-bond donors (Lipinski definition) is 1. The van der Waals surface area contributed by atoms with Crippen molar-refractivity contribution in [2.24, 2.45) is 5.41 Å². The van der Waals surface area contributed by atoms with E-state index >= 15 is 0 Å². The summed E-state index contributed by atoms with van der Waals surface area (Å²) in [5.41, 5.74) is 4.68. The Labute approximate surface area is 166 Å². The predicted octanol–water partition coefficient (Wildman–Crippen LogP) is 5.03. The Kier molecular flexibility index (Phi) is 5.16. The number of aryl methyl sites for hydroxylation is 3. The number of carbonyl (C=O) groups excluding carboxylic acids is 1. The van der Waals surface area contributed by atoms with Gasteiger partial charge in [0.05, 0.1) is 12.1 Å². The SMILES string of the molecule is Cc1ccc(C)c(N(Cc2cc3cccc(C)c3[nH]c2=O)C(=O)C(C)(C)C)c1. The molecule has 0 aliphatic heterocycles. The van der Waals surface area contributed by atoms with Gasteiger partial charge < -0.3 is 9.88 Å². The van der Waals surface area contributed by atoms with E-state index in [2.05, 4.69) is 4.98 Å². The number of anilines is 1.